The average Bonchev–Trinajstić information content (AvgIpc) is 2.48. The van der Waals surface area contributed by atoms with Crippen LogP contribution in [0.2, 0.25) is 0 Å². The van der Waals surface area contributed by atoms with Crippen molar-refractivity contribution in [1.29, 1.82) is 0 Å². The van der Waals surface area contributed by atoms with Crippen LogP contribution in [0.25, 0.3) is 0 Å². The van der Waals surface area contributed by atoms with Crippen LogP contribution in [0.15, 0.2) is 28.7 Å². The molecule has 1 aliphatic carbocycles. The average molecular weight is 520 g/mol. The first-order chi connectivity index (χ1) is 10.9. The minimum atomic E-state index is -0.0121. The van der Waals surface area contributed by atoms with E-state index < -0.39 is 0 Å². The monoisotopic (exact) mass is 519 g/mol. The molecule has 1 aromatic carbocycles. The summed E-state index contributed by atoms with van der Waals surface area (Å²) in [6.07, 6.45) is 6.13. The Morgan fingerprint density at radius 3 is 2.00 bits per heavy atom. The van der Waals surface area contributed by atoms with Gasteiger partial charge in [-0.2, -0.15) is 0 Å². The van der Waals surface area contributed by atoms with Gasteiger partial charge in [-0.3, -0.25) is 0 Å². The maximum absolute atomic E-state index is 11.3. The van der Waals surface area contributed by atoms with Crippen LogP contribution in [-0.2, 0) is 32.7 Å². The maximum atomic E-state index is 11.3. The number of urea groups is 1. The second kappa shape index (κ2) is 19.4. The van der Waals surface area contributed by atoms with Crippen molar-refractivity contribution in [2.24, 2.45) is 0 Å². The normalized spacial score (nSPS) is 12.9. The topological polar surface area (TPSA) is 41.1 Å². The predicted molar refractivity (Wildman–Crippen MR) is 122 cm³/mol. The zero-order valence-corrected chi connectivity index (χ0v) is 19.9. The molecule has 1 saturated carbocycles. The Kier molecular flexibility index (Phi) is 24.8. The summed E-state index contributed by atoms with van der Waals surface area (Å²) in [4.78, 5) is 11.3. The zero-order valence-electron chi connectivity index (χ0n) is 15.4. The van der Waals surface area contributed by atoms with Gasteiger partial charge in [0.2, 0.25) is 0 Å². The fourth-order valence-corrected chi connectivity index (χ4v) is 3.02. The first kappa shape index (κ1) is 34.6. The van der Waals surface area contributed by atoms with E-state index in [2.05, 4.69) is 58.6 Å². The Balaban J connectivity index is -0.000000174. The largest absolute Gasteiger partial charge is 0.336 e. The summed E-state index contributed by atoms with van der Waals surface area (Å²) in [5.74, 6) is 0.623. The molecule has 0 spiro atoms. The van der Waals surface area contributed by atoms with Crippen molar-refractivity contribution in [3.8, 4) is 0 Å². The van der Waals surface area contributed by atoms with Crippen LogP contribution in [-0.4, -0.2) is 18.1 Å². The summed E-state index contributed by atoms with van der Waals surface area (Å²) < 4.78 is 1.17. The smallest absolute Gasteiger partial charge is 0.315 e. The van der Waals surface area contributed by atoms with Gasteiger partial charge >= 0.3 is 6.03 Å². The van der Waals surface area contributed by atoms with Gasteiger partial charge in [0.25, 0.3) is 0 Å². The number of hydrogen-bond donors (Lipinski definition) is 2. The third-order valence-electron chi connectivity index (χ3n) is 3.88. The summed E-state index contributed by atoms with van der Waals surface area (Å²) in [6.45, 7) is 8.34. The Morgan fingerprint density at radius 1 is 1.04 bits per heavy atom. The summed E-state index contributed by atoms with van der Waals surface area (Å²) in [7, 11) is 0. The summed E-state index contributed by atoms with van der Waals surface area (Å²) in [5, 5.41) is 5.84. The Morgan fingerprint density at radius 2 is 1.59 bits per heavy atom. The fraction of sp³-hybridized carbons (Fsp3) is 0.682. The van der Waals surface area contributed by atoms with E-state index in [0.717, 1.165) is 12.8 Å². The van der Waals surface area contributed by atoms with Gasteiger partial charge in [0.1, 0.15) is 0 Å². The second-order valence-electron chi connectivity index (χ2n) is 6.82. The van der Waals surface area contributed by atoms with Crippen LogP contribution in [0.5, 0.6) is 0 Å². The first-order valence-electron chi connectivity index (χ1n) is 8.71. The van der Waals surface area contributed by atoms with E-state index in [1.54, 1.807) is 0 Å². The van der Waals surface area contributed by atoms with E-state index in [-0.39, 0.29) is 67.1 Å². The van der Waals surface area contributed by atoms with Crippen molar-refractivity contribution in [1.82, 2.24) is 10.6 Å². The summed E-state index contributed by atoms with van der Waals surface area (Å²) >= 11 is 3.43. The Labute approximate surface area is 203 Å². The minimum absolute atomic E-state index is 0. The van der Waals surface area contributed by atoms with Gasteiger partial charge in [-0.15, -0.1) is 0 Å². The molecule has 3 nitrogen and oxygen atoms in total. The van der Waals surface area contributed by atoms with E-state index >= 15 is 0 Å². The van der Waals surface area contributed by atoms with Crippen LogP contribution in [0.4, 0.5) is 4.79 Å². The van der Waals surface area contributed by atoms with E-state index in [1.165, 1.54) is 29.3 Å². The fourth-order valence-electron chi connectivity index (χ4n) is 2.60. The standard InChI is InChI=1S/C10H20N2O.C9H11Br.3CH4.Y/c1-8(2)11-10(13)12-9-6-4-3-5-7-9;1-7(2)8-4-3-5-9(10)6-8;;;;/h8-9H,3-7H2,1-2H3,(H2,11,12,13);3-7H,1-2H3;3*1H4;. The minimum Gasteiger partial charge on any atom is -0.336 e. The van der Waals surface area contributed by atoms with Crippen LogP contribution in [0, 0.1) is 0 Å². The summed E-state index contributed by atoms with van der Waals surface area (Å²) in [5.41, 5.74) is 1.38. The predicted octanol–water partition coefficient (Wildman–Crippen LogP) is 7.51. The number of halogens is 1. The molecule has 5 heteroatoms. The Bertz CT molecular complexity index is 475. The van der Waals surface area contributed by atoms with Crippen molar-refractivity contribution < 1.29 is 37.5 Å². The second-order valence-corrected chi connectivity index (χ2v) is 7.73. The first-order valence-corrected chi connectivity index (χ1v) is 9.50. The van der Waals surface area contributed by atoms with E-state index in [0.29, 0.717) is 12.0 Å². The molecule has 0 aromatic heterocycles. The third kappa shape index (κ3) is 16.7. The number of hydrogen-bond acceptors (Lipinski definition) is 1. The molecule has 1 aromatic rings. The quantitative estimate of drug-likeness (QED) is 0.426. The van der Waals surface area contributed by atoms with Gasteiger partial charge in [-0.25, -0.2) is 4.79 Å². The van der Waals surface area contributed by atoms with E-state index in [1.807, 2.05) is 19.9 Å². The number of carbonyl (C=O) groups is 1. The van der Waals surface area contributed by atoms with Crippen LogP contribution >= 0.6 is 15.9 Å². The molecule has 0 aliphatic heterocycles. The van der Waals surface area contributed by atoms with Gasteiger partial charge in [0.05, 0.1) is 0 Å². The molecule has 157 valence electrons. The number of benzene rings is 1. The molecule has 0 saturated heterocycles. The van der Waals surface area contributed by atoms with Gasteiger partial charge < -0.3 is 10.6 Å². The van der Waals surface area contributed by atoms with Crippen molar-refractivity contribution in [3.63, 3.8) is 0 Å². The van der Waals surface area contributed by atoms with Gasteiger partial charge in [-0.1, -0.05) is 83.5 Å². The SMILES string of the molecule is C.C.C.CC(C)NC(=O)NC1CCCCC1.CC(C)c1cccc(Br)c1.[Y]. The molecule has 0 atom stereocenters. The van der Waals surface area contributed by atoms with Gasteiger partial charge in [0.15, 0.2) is 0 Å². The van der Waals surface area contributed by atoms with Crippen LogP contribution in [0.3, 0.4) is 0 Å². The van der Waals surface area contributed by atoms with Gasteiger partial charge in [0, 0.05) is 49.3 Å². The van der Waals surface area contributed by atoms with E-state index in [4.69, 9.17) is 0 Å². The zero-order chi connectivity index (χ0) is 17.2. The van der Waals surface area contributed by atoms with E-state index in [9.17, 15) is 4.79 Å². The molecule has 1 aliphatic rings. The number of amides is 2. The number of rotatable bonds is 3. The van der Waals surface area contributed by atoms with Crippen molar-refractivity contribution in [2.45, 2.75) is 100 Å². The maximum Gasteiger partial charge on any atom is 0.315 e. The van der Waals surface area contributed by atoms with Crippen molar-refractivity contribution >= 4 is 22.0 Å². The Hall–Kier alpha value is 0.0739. The molecule has 2 amide bonds. The molecule has 0 heterocycles. The molecular weight excluding hydrogens is 477 g/mol. The molecule has 27 heavy (non-hydrogen) atoms. The molecule has 0 unspecified atom stereocenters. The van der Waals surface area contributed by atoms with Crippen LogP contribution < -0.4 is 10.6 Å². The molecular formula is C22H43BrN2OY. The summed E-state index contributed by atoms with van der Waals surface area (Å²) in [6, 6.07) is 9.05. The number of carbonyl (C=O) groups excluding carboxylic acids is 1. The molecule has 2 rings (SSSR count). The van der Waals surface area contributed by atoms with Gasteiger partial charge in [-0.05, 0) is 50.3 Å². The molecule has 2 N–H and O–H groups in total. The number of nitrogens with one attached hydrogen (secondary N) is 2. The molecule has 0 bridgehead atoms. The van der Waals surface area contributed by atoms with Crippen LogP contribution in [0.1, 0.15) is 93.6 Å². The third-order valence-corrected chi connectivity index (χ3v) is 4.37. The van der Waals surface area contributed by atoms with Crippen molar-refractivity contribution in [2.75, 3.05) is 0 Å². The van der Waals surface area contributed by atoms with Crippen molar-refractivity contribution in [3.05, 3.63) is 34.3 Å². The molecule has 1 radical (unpaired) electrons. The molecule has 1 fully saturated rings.